The quantitative estimate of drug-likeness (QED) is 0.851. The first-order valence-electron chi connectivity index (χ1n) is 9.02. The summed E-state index contributed by atoms with van der Waals surface area (Å²) in [6.07, 6.45) is 3.07. The van der Waals surface area contributed by atoms with Crippen LogP contribution >= 0.6 is 0 Å². The van der Waals surface area contributed by atoms with Crippen molar-refractivity contribution in [3.8, 4) is 0 Å². The number of aromatic nitrogens is 1. The largest absolute Gasteiger partial charge is 0.380 e. The first-order chi connectivity index (χ1) is 12.7. The Morgan fingerprint density at radius 3 is 2.33 bits per heavy atom. The second kappa shape index (κ2) is 7.31. The Bertz CT molecular complexity index is 914. The number of carbonyl (C=O) groups is 1. The first-order valence-corrected chi connectivity index (χ1v) is 10.5. The molecule has 0 unspecified atom stereocenters. The Kier molecular flexibility index (Phi) is 5.24. The summed E-state index contributed by atoms with van der Waals surface area (Å²) in [5, 5.41) is 3.32. The summed E-state index contributed by atoms with van der Waals surface area (Å²) >= 11 is 0. The number of amides is 1. The fourth-order valence-electron chi connectivity index (χ4n) is 2.88. The molecule has 0 radical (unpaired) electrons. The average Bonchev–Trinajstić information content (AvgIpc) is 3.06. The van der Waals surface area contributed by atoms with Crippen LogP contribution in [0.3, 0.4) is 0 Å². The zero-order valence-electron chi connectivity index (χ0n) is 15.9. The Labute approximate surface area is 160 Å². The molecule has 1 saturated heterocycles. The highest BCUT2D eigenvalue weighted by molar-refractivity contribution is 7.92. The van der Waals surface area contributed by atoms with Crippen LogP contribution in [0.5, 0.6) is 0 Å². The van der Waals surface area contributed by atoms with Crippen molar-refractivity contribution in [1.29, 1.82) is 0 Å². The fourth-order valence-corrected chi connectivity index (χ4v) is 3.94. The van der Waals surface area contributed by atoms with Crippen molar-refractivity contribution in [2.45, 2.75) is 49.9 Å². The Hall–Kier alpha value is -2.41. The van der Waals surface area contributed by atoms with Crippen LogP contribution in [0.25, 0.3) is 0 Å². The summed E-state index contributed by atoms with van der Waals surface area (Å²) in [5.41, 5.74) is 2.75. The van der Waals surface area contributed by atoms with Crippen molar-refractivity contribution < 1.29 is 13.2 Å². The Morgan fingerprint density at radius 2 is 1.81 bits per heavy atom. The van der Waals surface area contributed by atoms with E-state index in [9.17, 15) is 13.2 Å². The second-order valence-corrected chi connectivity index (χ2v) is 10.3. The van der Waals surface area contributed by atoms with Crippen molar-refractivity contribution in [2.75, 3.05) is 16.8 Å². The topological polar surface area (TPSA) is 79.4 Å². The molecular weight excluding hydrogens is 362 g/mol. The maximum absolute atomic E-state index is 12.4. The van der Waals surface area contributed by atoms with Crippen LogP contribution in [-0.2, 0) is 21.2 Å². The summed E-state index contributed by atoms with van der Waals surface area (Å²) in [4.78, 5) is 17.7. The van der Waals surface area contributed by atoms with E-state index in [0.717, 1.165) is 29.9 Å². The van der Waals surface area contributed by atoms with Gasteiger partial charge >= 0.3 is 0 Å². The Balaban J connectivity index is 1.63. The minimum absolute atomic E-state index is 0.0835. The molecular formula is C20H25N3O3S. The number of benzene rings is 1. The number of sulfone groups is 1. The third-order valence-corrected chi connectivity index (χ3v) is 7.04. The van der Waals surface area contributed by atoms with Gasteiger partial charge in [-0.15, -0.1) is 0 Å². The van der Waals surface area contributed by atoms with Crippen molar-refractivity contribution in [3.05, 3.63) is 48.2 Å². The summed E-state index contributed by atoms with van der Waals surface area (Å²) < 4.78 is 23.9. The highest BCUT2D eigenvalue weighted by Crippen LogP contribution is 2.24. The Morgan fingerprint density at radius 1 is 1.11 bits per heavy atom. The number of pyridine rings is 1. The fraction of sp³-hybridized carbons (Fsp3) is 0.400. The third-order valence-electron chi connectivity index (χ3n) is 4.64. The van der Waals surface area contributed by atoms with Crippen LogP contribution in [0.2, 0.25) is 0 Å². The molecule has 0 bridgehead atoms. The zero-order valence-corrected chi connectivity index (χ0v) is 16.7. The molecule has 1 N–H and O–H groups in total. The number of hydrogen-bond donors (Lipinski definition) is 1. The standard InChI is InChI=1S/C20H25N3O3S/c1-20(2,3)27(25,26)18-11-8-16(14-22-18)21-13-15-6-9-17(10-7-15)23-12-4-5-19(23)24/h6-11,14,21H,4-5,12-13H2,1-3H3. The van der Waals surface area contributed by atoms with Gasteiger partial charge in [0.25, 0.3) is 0 Å². The molecule has 0 saturated carbocycles. The predicted molar refractivity (Wildman–Crippen MR) is 107 cm³/mol. The lowest BCUT2D eigenvalue weighted by Gasteiger charge is -2.18. The van der Waals surface area contributed by atoms with Gasteiger partial charge in [0.15, 0.2) is 14.9 Å². The molecule has 0 atom stereocenters. The van der Waals surface area contributed by atoms with E-state index < -0.39 is 14.6 Å². The highest BCUT2D eigenvalue weighted by Gasteiger charge is 2.31. The number of rotatable bonds is 5. The molecule has 1 aliphatic heterocycles. The van der Waals surface area contributed by atoms with E-state index in [1.165, 1.54) is 12.3 Å². The molecule has 1 amide bonds. The van der Waals surface area contributed by atoms with Crippen LogP contribution in [0.4, 0.5) is 11.4 Å². The lowest BCUT2D eigenvalue weighted by Crippen LogP contribution is -2.28. The van der Waals surface area contributed by atoms with Gasteiger partial charge in [-0.25, -0.2) is 13.4 Å². The van der Waals surface area contributed by atoms with Crippen LogP contribution < -0.4 is 10.2 Å². The molecule has 1 aromatic carbocycles. The van der Waals surface area contributed by atoms with E-state index >= 15 is 0 Å². The second-order valence-electron chi connectivity index (χ2n) is 7.67. The molecule has 3 rings (SSSR count). The van der Waals surface area contributed by atoms with Gasteiger partial charge in [-0.05, 0) is 57.0 Å². The van der Waals surface area contributed by atoms with Crippen LogP contribution in [0.1, 0.15) is 39.2 Å². The summed E-state index contributed by atoms with van der Waals surface area (Å²) in [5.74, 6) is 0.178. The van der Waals surface area contributed by atoms with Gasteiger partial charge in [-0.1, -0.05) is 12.1 Å². The number of hydrogen-bond acceptors (Lipinski definition) is 5. The molecule has 1 aliphatic rings. The zero-order chi connectivity index (χ0) is 19.7. The van der Waals surface area contributed by atoms with Gasteiger partial charge in [0.1, 0.15) is 0 Å². The minimum Gasteiger partial charge on any atom is -0.380 e. The van der Waals surface area contributed by atoms with Crippen molar-refractivity contribution in [2.24, 2.45) is 0 Å². The van der Waals surface area contributed by atoms with E-state index in [0.29, 0.717) is 13.0 Å². The molecule has 27 heavy (non-hydrogen) atoms. The number of nitrogens with zero attached hydrogens (tertiary/aromatic N) is 2. The van der Waals surface area contributed by atoms with Crippen LogP contribution in [-0.4, -0.2) is 30.6 Å². The molecule has 2 aromatic rings. The average molecular weight is 388 g/mol. The summed E-state index contributed by atoms with van der Waals surface area (Å²) in [7, 11) is -3.45. The molecule has 1 fully saturated rings. The van der Waals surface area contributed by atoms with Gasteiger partial charge in [-0.2, -0.15) is 0 Å². The molecule has 7 heteroatoms. The number of nitrogens with one attached hydrogen (secondary N) is 1. The molecule has 0 spiro atoms. The molecule has 6 nitrogen and oxygen atoms in total. The third kappa shape index (κ3) is 4.13. The van der Waals surface area contributed by atoms with E-state index in [1.807, 2.05) is 29.2 Å². The highest BCUT2D eigenvalue weighted by atomic mass is 32.2. The van der Waals surface area contributed by atoms with Crippen molar-refractivity contribution in [3.63, 3.8) is 0 Å². The lowest BCUT2D eigenvalue weighted by molar-refractivity contribution is -0.117. The molecule has 1 aromatic heterocycles. The van der Waals surface area contributed by atoms with Gasteiger partial charge in [0.05, 0.1) is 16.6 Å². The first kappa shape index (κ1) is 19.4. The monoisotopic (exact) mass is 387 g/mol. The van der Waals surface area contributed by atoms with E-state index in [1.54, 1.807) is 26.8 Å². The maximum Gasteiger partial charge on any atom is 0.227 e. The normalized spacial score (nSPS) is 15.2. The van der Waals surface area contributed by atoms with Crippen molar-refractivity contribution in [1.82, 2.24) is 4.98 Å². The minimum atomic E-state index is -3.45. The van der Waals surface area contributed by atoms with E-state index in [4.69, 9.17) is 0 Å². The number of carbonyl (C=O) groups excluding carboxylic acids is 1. The van der Waals surface area contributed by atoms with Gasteiger partial charge < -0.3 is 10.2 Å². The predicted octanol–water partition coefficient (Wildman–Crippen LogP) is 3.39. The summed E-state index contributed by atoms with van der Waals surface area (Å²) in [6.45, 7) is 6.36. The number of anilines is 2. The molecule has 2 heterocycles. The summed E-state index contributed by atoms with van der Waals surface area (Å²) in [6, 6.07) is 11.1. The van der Waals surface area contributed by atoms with Crippen molar-refractivity contribution >= 4 is 27.1 Å². The van der Waals surface area contributed by atoms with Crippen LogP contribution in [0, 0.1) is 0 Å². The van der Waals surface area contributed by atoms with E-state index in [-0.39, 0.29) is 10.9 Å². The molecule has 144 valence electrons. The maximum atomic E-state index is 12.4. The van der Waals surface area contributed by atoms with Gasteiger partial charge in [0, 0.05) is 25.2 Å². The van der Waals surface area contributed by atoms with Gasteiger partial charge in [0.2, 0.25) is 5.91 Å². The smallest absolute Gasteiger partial charge is 0.227 e. The van der Waals surface area contributed by atoms with Gasteiger partial charge in [-0.3, -0.25) is 4.79 Å². The SMILES string of the molecule is CC(C)(C)S(=O)(=O)c1ccc(NCc2ccc(N3CCCC3=O)cc2)cn1. The molecule has 0 aliphatic carbocycles. The lowest BCUT2D eigenvalue weighted by atomic mass is 10.2. The van der Waals surface area contributed by atoms with Crippen LogP contribution in [0.15, 0.2) is 47.6 Å². The van der Waals surface area contributed by atoms with E-state index in [2.05, 4.69) is 10.3 Å².